The zero-order valence-corrected chi connectivity index (χ0v) is 18.6. The highest BCUT2D eigenvalue weighted by Gasteiger charge is 2.24. The number of nitrogens with zero attached hydrogens (tertiary/aromatic N) is 2. The fourth-order valence-corrected chi connectivity index (χ4v) is 3.22. The Morgan fingerprint density at radius 3 is 2.31 bits per heavy atom. The summed E-state index contributed by atoms with van der Waals surface area (Å²) in [6, 6.07) is 0.148. The van der Waals surface area contributed by atoms with Gasteiger partial charge in [-0.25, -0.2) is 9.59 Å². The summed E-state index contributed by atoms with van der Waals surface area (Å²) < 4.78 is 10.1. The summed E-state index contributed by atoms with van der Waals surface area (Å²) in [6.45, 7) is 13.1. The molecular formula is C20H39N5O4. The Bertz CT molecular complexity index is 519. The van der Waals surface area contributed by atoms with Crippen LogP contribution in [0.2, 0.25) is 0 Å². The first-order chi connectivity index (χ1) is 13.9. The number of ether oxygens (including phenoxy) is 2. The number of rotatable bonds is 9. The molecule has 29 heavy (non-hydrogen) atoms. The molecular weight excluding hydrogens is 374 g/mol. The SMILES string of the molecule is CCNC(=NCC(CC(C)C)NC(=O)OCC)NC1CCN(C(=O)OCC)CC1. The van der Waals surface area contributed by atoms with Crippen molar-refractivity contribution in [3.8, 4) is 0 Å². The molecule has 1 saturated heterocycles. The van der Waals surface area contributed by atoms with Crippen molar-refractivity contribution in [2.75, 3.05) is 39.4 Å². The van der Waals surface area contributed by atoms with Gasteiger partial charge >= 0.3 is 12.2 Å². The monoisotopic (exact) mass is 413 g/mol. The van der Waals surface area contributed by atoms with Gasteiger partial charge in [0.25, 0.3) is 0 Å². The van der Waals surface area contributed by atoms with E-state index in [9.17, 15) is 9.59 Å². The van der Waals surface area contributed by atoms with Gasteiger partial charge in [0, 0.05) is 25.7 Å². The summed E-state index contributed by atoms with van der Waals surface area (Å²) in [5.41, 5.74) is 0. The molecule has 3 N–H and O–H groups in total. The average Bonchev–Trinajstić information content (AvgIpc) is 2.66. The minimum atomic E-state index is -0.405. The minimum Gasteiger partial charge on any atom is -0.450 e. The highest BCUT2D eigenvalue weighted by molar-refractivity contribution is 5.80. The number of carbonyl (C=O) groups is 2. The van der Waals surface area contributed by atoms with Crippen molar-refractivity contribution in [2.24, 2.45) is 10.9 Å². The lowest BCUT2D eigenvalue weighted by Gasteiger charge is -2.32. The Kier molecular flexibility index (Phi) is 11.9. The van der Waals surface area contributed by atoms with Crippen molar-refractivity contribution in [1.29, 1.82) is 0 Å². The second-order valence-electron chi connectivity index (χ2n) is 7.52. The van der Waals surface area contributed by atoms with Crippen LogP contribution in [-0.4, -0.2) is 74.5 Å². The van der Waals surface area contributed by atoms with E-state index in [0.717, 1.165) is 31.8 Å². The summed E-state index contributed by atoms with van der Waals surface area (Å²) in [7, 11) is 0. The highest BCUT2D eigenvalue weighted by atomic mass is 16.6. The molecule has 0 saturated carbocycles. The van der Waals surface area contributed by atoms with Gasteiger partial charge in [-0.3, -0.25) is 4.99 Å². The minimum absolute atomic E-state index is 0.0878. The van der Waals surface area contributed by atoms with Crippen molar-refractivity contribution in [1.82, 2.24) is 20.9 Å². The van der Waals surface area contributed by atoms with E-state index in [-0.39, 0.29) is 18.2 Å². The maximum absolute atomic E-state index is 11.8. The molecule has 0 spiro atoms. The third kappa shape index (κ3) is 10.2. The van der Waals surface area contributed by atoms with E-state index < -0.39 is 6.09 Å². The van der Waals surface area contributed by atoms with Gasteiger partial charge in [-0.2, -0.15) is 0 Å². The van der Waals surface area contributed by atoms with Crippen LogP contribution < -0.4 is 16.0 Å². The first kappa shape index (κ1) is 24.8. The highest BCUT2D eigenvalue weighted by Crippen LogP contribution is 2.12. The maximum Gasteiger partial charge on any atom is 0.409 e. The number of likely N-dealkylation sites (tertiary alicyclic amines) is 1. The zero-order chi connectivity index (χ0) is 21.6. The van der Waals surface area contributed by atoms with Gasteiger partial charge in [0.05, 0.1) is 25.8 Å². The molecule has 0 aromatic carbocycles. The lowest BCUT2D eigenvalue weighted by Crippen LogP contribution is -2.50. The van der Waals surface area contributed by atoms with Crippen LogP contribution in [0.5, 0.6) is 0 Å². The van der Waals surface area contributed by atoms with E-state index in [1.54, 1.807) is 11.8 Å². The second-order valence-corrected chi connectivity index (χ2v) is 7.52. The topological polar surface area (TPSA) is 104 Å². The van der Waals surface area contributed by atoms with E-state index in [0.29, 0.717) is 38.8 Å². The molecule has 1 heterocycles. The van der Waals surface area contributed by atoms with Gasteiger partial charge in [-0.1, -0.05) is 13.8 Å². The Hall–Kier alpha value is -2.19. The number of aliphatic imine (C=N–C) groups is 1. The number of nitrogens with one attached hydrogen (secondary N) is 3. The van der Waals surface area contributed by atoms with Crippen molar-refractivity contribution < 1.29 is 19.1 Å². The van der Waals surface area contributed by atoms with Crippen LogP contribution in [0.1, 0.15) is 53.9 Å². The van der Waals surface area contributed by atoms with Crippen LogP contribution in [0.25, 0.3) is 0 Å². The predicted molar refractivity (Wildman–Crippen MR) is 114 cm³/mol. The van der Waals surface area contributed by atoms with Gasteiger partial charge < -0.3 is 30.3 Å². The Morgan fingerprint density at radius 2 is 1.76 bits per heavy atom. The van der Waals surface area contributed by atoms with E-state index in [4.69, 9.17) is 9.47 Å². The molecule has 1 unspecified atom stereocenters. The number of carbonyl (C=O) groups excluding carboxylic acids is 2. The molecule has 1 rings (SSSR count). The molecule has 0 aliphatic carbocycles. The van der Waals surface area contributed by atoms with Crippen LogP contribution >= 0.6 is 0 Å². The van der Waals surface area contributed by atoms with Crippen molar-refractivity contribution in [3.05, 3.63) is 0 Å². The van der Waals surface area contributed by atoms with Gasteiger partial charge in [0.2, 0.25) is 0 Å². The first-order valence-corrected chi connectivity index (χ1v) is 10.8. The smallest absolute Gasteiger partial charge is 0.409 e. The van der Waals surface area contributed by atoms with Crippen LogP contribution in [0.4, 0.5) is 9.59 Å². The molecule has 168 valence electrons. The van der Waals surface area contributed by atoms with Crippen LogP contribution in [0, 0.1) is 5.92 Å². The van der Waals surface area contributed by atoms with Gasteiger partial charge in [0.1, 0.15) is 0 Å². The van der Waals surface area contributed by atoms with Crippen molar-refractivity contribution >= 4 is 18.1 Å². The van der Waals surface area contributed by atoms with Gasteiger partial charge in [0.15, 0.2) is 5.96 Å². The molecule has 9 heteroatoms. The number of hydrogen-bond donors (Lipinski definition) is 3. The van der Waals surface area contributed by atoms with Crippen molar-refractivity contribution in [3.63, 3.8) is 0 Å². The summed E-state index contributed by atoms with van der Waals surface area (Å²) >= 11 is 0. The Morgan fingerprint density at radius 1 is 1.10 bits per heavy atom. The van der Waals surface area contributed by atoms with E-state index in [1.165, 1.54) is 0 Å². The Labute approximate surface area is 175 Å². The molecule has 9 nitrogen and oxygen atoms in total. The molecule has 1 atom stereocenters. The molecule has 1 fully saturated rings. The fraction of sp³-hybridized carbons (Fsp3) is 0.850. The predicted octanol–water partition coefficient (Wildman–Crippen LogP) is 2.32. The standard InChI is InChI=1S/C20H39N5O4/c1-6-21-18(22-14-17(13-15(4)5)24-19(26)28-7-2)23-16-9-11-25(12-10-16)20(27)29-8-3/h15-17H,6-14H2,1-5H3,(H,24,26)(H2,21,22,23). The number of amides is 2. The molecule has 1 aliphatic heterocycles. The molecule has 0 bridgehead atoms. The third-order valence-electron chi connectivity index (χ3n) is 4.53. The molecule has 1 aliphatic rings. The summed E-state index contributed by atoms with van der Waals surface area (Å²) in [5, 5.41) is 9.61. The average molecular weight is 414 g/mol. The maximum atomic E-state index is 11.8. The number of alkyl carbamates (subject to hydrolysis) is 1. The largest absolute Gasteiger partial charge is 0.450 e. The lowest BCUT2D eigenvalue weighted by atomic mass is 10.0. The molecule has 2 amide bonds. The molecule has 0 aromatic rings. The van der Waals surface area contributed by atoms with E-state index in [2.05, 4.69) is 34.8 Å². The van der Waals surface area contributed by atoms with Gasteiger partial charge in [-0.05, 0) is 46.0 Å². The van der Waals surface area contributed by atoms with Gasteiger partial charge in [-0.15, -0.1) is 0 Å². The third-order valence-corrected chi connectivity index (χ3v) is 4.53. The normalized spacial score (nSPS) is 16.3. The van der Waals surface area contributed by atoms with E-state index in [1.807, 2.05) is 13.8 Å². The Balaban J connectivity index is 2.61. The van der Waals surface area contributed by atoms with E-state index >= 15 is 0 Å². The lowest BCUT2D eigenvalue weighted by molar-refractivity contribution is 0.0963. The summed E-state index contributed by atoms with van der Waals surface area (Å²) in [5.74, 6) is 1.15. The number of hydrogen-bond acceptors (Lipinski definition) is 5. The quantitative estimate of drug-likeness (QED) is 0.396. The van der Waals surface area contributed by atoms with Crippen LogP contribution in [0.3, 0.4) is 0 Å². The number of piperidine rings is 1. The zero-order valence-electron chi connectivity index (χ0n) is 18.6. The second kappa shape index (κ2) is 13.9. The summed E-state index contributed by atoms with van der Waals surface area (Å²) in [4.78, 5) is 30.1. The summed E-state index contributed by atoms with van der Waals surface area (Å²) in [6.07, 6.45) is 1.84. The first-order valence-electron chi connectivity index (χ1n) is 10.8. The van der Waals surface area contributed by atoms with Crippen LogP contribution in [-0.2, 0) is 9.47 Å². The molecule has 0 radical (unpaired) electrons. The van der Waals surface area contributed by atoms with Crippen molar-refractivity contribution in [2.45, 2.75) is 66.0 Å². The fourth-order valence-electron chi connectivity index (χ4n) is 3.22. The van der Waals surface area contributed by atoms with Crippen LogP contribution in [0.15, 0.2) is 4.99 Å². The molecule has 0 aromatic heterocycles. The number of guanidine groups is 1.